The van der Waals surface area contributed by atoms with E-state index < -0.39 is 0 Å². The maximum atomic E-state index is 10.2. The van der Waals surface area contributed by atoms with Gasteiger partial charge < -0.3 is 5.73 Å². The van der Waals surface area contributed by atoms with Crippen LogP contribution in [-0.2, 0) is 4.79 Å². The summed E-state index contributed by atoms with van der Waals surface area (Å²) in [5.41, 5.74) is 4.86. The van der Waals surface area contributed by atoms with Crippen LogP contribution < -0.4 is 5.73 Å². The zero-order valence-corrected chi connectivity index (χ0v) is 5.29. The van der Waals surface area contributed by atoms with Gasteiger partial charge in [-0.3, -0.25) is 4.79 Å². The third kappa shape index (κ3) is 4.82. The van der Waals surface area contributed by atoms with Crippen LogP contribution in [0.4, 0.5) is 0 Å². The van der Waals surface area contributed by atoms with Crippen LogP contribution in [0.3, 0.4) is 0 Å². The molecule has 0 fully saturated rings. The van der Waals surface area contributed by atoms with Crippen LogP contribution >= 0.6 is 0 Å². The molecule has 1 amide bonds. The predicted octanol–water partition coefficient (Wildman–Crippen LogP) is 0.226. The Labute approximate surface area is 54.5 Å². The minimum absolute atomic E-state index is 0.0208. The first-order valence-electron chi connectivity index (χ1n) is 2.68. The molecular weight excluding hydrogens is 116 g/mol. The molecule has 1 atom stereocenters. The van der Waals surface area contributed by atoms with Crippen LogP contribution in [0.2, 0.25) is 0 Å². The number of carbonyl (C=O) groups is 1. The molecule has 0 saturated heterocycles. The summed E-state index contributed by atoms with van der Waals surface area (Å²) in [6.45, 7) is 1.77. The van der Waals surface area contributed by atoms with E-state index in [1.165, 1.54) is 6.42 Å². The van der Waals surface area contributed by atoms with Crippen LogP contribution in [-0.4, -0.2) is 5.91 Å². The maximum absolute atomic E-state index is 10.2. The number of hydrogen-bond donors (Lipinski definition) is 1. The van der Waals surface area contributed by atoms with E-state index in [1.54, 1.807) is 6.92 Å². The Morgan fingerprint density at radius 1 is 2.00 bits per heavy atom. The number of hydrogen-bond acceptors (Lipinski definition) is 2. The van der Waals surface area contributed by atoms with E-state index in [-0.39, 0.29) is 18.2 Å². The normalized spacial score (nSPS) is 12.0. The fourth-order valence-corrected chi connectivity index (χ4v) is 0.504. The minimum Gasteiger partial charge on any atom is -0.370 e. The van der Waals surface area contributed by atoms with Crippen LogP contribution in [0.1, 0.15) is 13.3 Å². The number of amides is 1. The fraction of sp³-hybridized carbons (Fsp3) is 0.500. The zero-order chi connectivity index (χ0) is 7.28. The number of nitrogens with two attached hydrogens (primary N) is 1. The summed E-state index contributed by atoms with van der Waals surface area (Å²) >= 11 is 0. The van der Waals surface area contributed by atoms with E-state index >= 15 is 0 Å². The Kier molecular flexibility index (Phi) is 3.45. The van der Waals surface area contributed by atoms with Gasteiger partial charge in [-0.1, -0.05) is 6.92 Å². The van der Waals surface area contributed by atoms with Crippen molar-refractivity contribution < 1.29 is 4.79 Å². The molecule has 3 heteroatoms. The van der Waals surface area contributed by atoms with Crippen LogP contribution in [0, 0.1) is 23.7 Å². The highest BCUT2D eigenvalue weighted by Crippen LogP contribution is 2.02. The number of nitriles is 1. The zero-order valence-electron chi connectivity index (χ0n) is 5.29. The van der Waals surface area contributed by atoms with Crippen LogP contribution in [0.5, 0.6) is 0 Å². The lowest BCUT2D eigenvalue weighted by Gasteiger charge is -1.99. The molecule has 0 aromatic rings. The Morgan fingerprint density at radius 2 is 2.56 bits per heavy atom. The van der Waals surface area contributed by atoms with Crippen molar-refractivity contribution in [3.05, 3.63) is 6.42 Å². The van der Waals surface area contributed by atoms with Crippen molar-refractivity contribution in [3.63, 3.8) is 0 Å². The van der Waals surface area contributed by atoms with Gasteiger partial charge in [0.15, 0.2) is 0 Å². The molecule has 49 valence electrons. The van der Waals surface area contributed by atoms with Gasteiger partial charge in [0.25, 0.3) is 0 Å². The van der Waals surface area contributed by atoms with E-state index in [1.807, 2.05) is 6.07 Å². The highest BCUT2D eigenvalue weighted by Gasteiger charge is 2.04. The first-order valence-corrected chi connectivity index (χ1v) is 2.68. The molecule has 1 radical (unpaired) electrons. The summed E-state index contributed by atoms with van der Waals surface area (Å²) in [5, 5.41) is 8.09. The summed E-state index contributed by atoms with van der Waals surface area (Å²) in [5.74, 6) is -0.388. The smallest absolute Gasteiger partial charge is 0.217 e. The van der Waals surface area contributed by atoms with Crippen molar-refractivity contribution in [3.8, 4) is 6.07 Å². The second kappa shape index (κ2) is 3.90. The number of primary amides is 1. The molecule has 0 aliphatic carbocycles. The molecule has 9 heavy (non-hydrogen) atoms. The van der Waals surface area contributed by atoms with Gasteiger partial charge in [0, 0.05) is 6.42 Å². The monoisotopic (exact) mass is 125 g/mol. The van der Waals surface area contributed by atoms with Crippen molar-refractivity contribution in [2.75, 3.05) is 0 Å². The van der Waals surface area contributed by atoms with Gasteiger partial charge >= 0.3 is 0 Å². The Bertz CT molecular complexity index is 136. The van der Waals surface area contributed by atoms with Crippen LogP contribution in [0.25, 0.3) is 0 Å². The van der Waals surface area contributed by atoms with Gasteiger partial charge in [-0.2, -0.15) is 5.26 Å². The third-order valence-electron chi connectivity index (χ3n) is 0.882. The first-order chi connectivity index (χ1) is 4.16. The molecule has 3 nitrogen and oxygen atoms in total. The van der Waals surface area contributed by atoms with Gasteiger partial charge in [0.1, 0.15) is 0 Å². The van der Waals surface area contributed by atoms with Gasteiger partial charge in [0.2, 0.25) is 5.91 Å². The number of nitrogens with zero attached hydrogens (tertiary/aromatic N) is 1. The highest BCUT2D eigenvalue weighted by atomic mass is 16.1. The Hall–Kier alpha value is -1.04. The molecule has 0 aliphatic rings. The van der Waals surface area contributed by atoms with Crippen molar-refractivity contribution in [2.24, 2.45) is 11.7 Å². The Balaban J connectivity index is 3.40. The molecule has 0 aromatic heterocycles. The number of rotatable bonds is 3. The lowest BCUT2D eigenvalue weighted by Crippen LogP contribution is -2.14. The van der Waals surface area contributed by atoms with Crippen LogP contribution in [0.15, 0.2) is 0 Å². The second-order valence-electron chi connectivity index (χ2n) is 1.94. The molecule has 0 saturated carbocycles. The molecule has 0 aliphatic heterocycles. The van der Waals surface area contributed by atoms with Crippen molar-refractivity contribution in [1.82, 2.24) is 0 Å². The standard InChI is InChI=1S/C6H9N2O/c1-5(2-3-7)4-6(8)9/h2,5H,4H2,1H3,(H2,8,9)/t5-/m0/s1. The van der Waals surface area contributed by atoms with Gasteiger partial charge in [-0.05, 0) is 5.92 Å². The molecule has 0 spiro atoms. The Morgan fingerprint density at radius 3 is 2.89 bits per heavy atom. The van der Waals surface area contributed by atoms with Crippen molar-refractivity contribution in [2.45, 2.75) is 13.3 Å². The average Bonchev–Trinajstić information content (AvgIpc) is 1.63. The molecule has 0 heterocycles. The fourth-order valence-electron chi connectivity index (χ4n) is 0.504. The van der Waals surface area contributed by atoms with E-state index in [2.05, 4.69) is 0 Å². The third-order valence-corrected chi connectivity index (χ3v) is 0.882. The van der Waals surface area contributed by atoms with E-state index in [9.17, 15) is 4.79 Å². The van der Waals surface area contributed by atoms with E-state index in [0.717, 1.165) is 0 Å². The van der Waals surface area contributed by atoms with Gasteiger partial charge in [-0.25, -0.2) is 0 Å². The highest BCUT2D eigenvalue weighted by molar-refractivity contribution is 5.74. The quantitative estimate of drug-likeness (QED) is 0.586. The van der Waals surface area contributed by atoms with Gasteiger partial charge in [-0.15, -0.1) is 0 Å². The van der Waals surface area contributed by atoms with Gasteiger partial charge in [0.05, 0.1) is 12.5 Å². The summed E-state index contributed by atoms with van der Waals surface area (Å²) in [7, 11) is 0. The average molecular weight is 125 g/mol. The maximum Gasteiger partial charge on any atom is 0.217 e. The minimum atomic E-state index is -0.367. The SMILES string of the molecule is C[C@@H]([CH]C#N)CC(N)=O. The lowest BCUT2D eigenvalue weighted by atomic mass is 10.1. The van der Waals surface area contributed by atoms with Crippen molar-refractivity contribution in [1.29, 1.82) is 5.26 Å². The molecule has 0 aromatic carbocycles. The molecular formula is C6H9N2O. The van der Waals surface area contributed by atoms with E-state index in [0.29, 0.717) is 0 Å². The number of carbonyl (C=O) groups excluding carboxylic acids is 1. The summed E-state index contributed by atoms with van der Waals surface area (Å²) < 4.78 is 0. The molecule has 2 N–H and O–H groups in total. The summed E-state index contributed by atoms with van der Waals surface area (Å²) in [6, 6.07) is 1.84. The predicted molar refractivity (Wildman–Crippen MR) is 32.9 cm³/mol. The molecule has 0 unspecified atom stereocenters. The summed E-state index contributed by atoms with van der Waals surface area (Å²) in [4.78, 5) is 10.2. The largest absolute Gasteiger partial charge is 0.370 e. The molecule has 0 bridgehead atoms. The second-order valence-corrected chi connectivity index (χ2v) is 1.94. The van der Waals surface area contributed by atoms with E-state index in [4.69, 9.17) is 11.0 Å². The van der Waals surface area contributed by atoms with Crippen molar-refractivity contribution >= 4 is 5.91 Å². The summed E-state index contributed by atoms with van der Waals surface area (Å²) in [6.07, 6.45) is 1.65. The first kappa shape index (κ1) is 7.96. The topological polar surface area (TPSA) is 66.9 Å². The lowest BCUT2D eigenvalue weighted by molar-refractivity contribution is -0.118. The molecule has 0 rings (SSSR count).